The monoisotopic (exact) mass is 376 g/mol. The van der Waals surface area contributed by atoms with Gasteiger partial charge in [0.25, 0.3) is 5.91 Å². The zero-order chi connectivity index (χ0) is 19.1. The van der Waals surface area contributed by atoms with Gasteiger partial charge in [0.05, 0.1) is 0 Å². The molecule has 0 heterocycles. The van der Waals surface area contributed by atoms with Crippen LogP contribution < -0.4 is 10.6 Å². The second-order valence-corrected chi connectivity index (χ2v) is 6.62. The van der Waals surface area contributed by atoms with E-state index in [1.807, 2.05) is 13.8 Å². The van der Waals surface area contributed by atoms with E-state index in [1.165, 1.54) is 12.1 Å². The molecule has 2 N–H and O–H groups in total. The van der Waals surface area contributed by atoms with Gasteiger partial charge in [0.2, 0.25) is 5.91 Å². The van der Waals surface area contributed by atoms with Gasteiger partial charge < -0.3 is 10.6 Å². The summed E-state index contributed by atoms with van der Waals surface area (Å²) in [4.78, 5) is 25.0. The Morgan fingerprint density at radius 3 is 2.27 bits per heavy atom. The number of carbonyl (C=O) groups excluding carboxylic acids is 2. The molecular weight excluding hydrogens is 355 g/mol. The maximum absolute atomic E-state index is 13.0. The molecule has 2 unspecified atom stereocenters. The molecule has 138 valence electrons. The number of hydrogen-bond acceptors (Lipinski definition) is 2. The van der Waals surface area contributed by atoms with Crippen LogP contribution in [0.5, 0.6) is 0 Å². The lowest BCUT2D eigenvalue weighted by atomic mass is 9.97. The molecule has 2 rings (SSSR count). The minimum atomic E-state index is -0.663. The highest BCUT2D eigenvalue weighted by Gasteiger charge is 2.26. The van der Waals surface area contributed by atoms with Crippen LogP contribution in [0.1, 0.15) is 36.2 Å². The molecule has 2 atom stereocenters. The zero-order valence-electron chi connectivity index (χ0n) is 14.8. The highest BCUT2D eigenvalue weighted by molar-refractivity contribution is 6.30. The Hall–Kier alpha value is -2.40. The van der Waals surface area contributed by atoms with Crippen LogP contribution in [0.3, 0.4) is 0 Å². The number of rotatable bonds is 7. The van der Waals surface area contributed by atoms with E-state index in [0.29, 0.717) is 10.6 Å². The Bertz CT molecular complexity index is 747. The van der Waals surface area contributed by atoms with Crippen LogP contribution >= 0.6 is 11.6 Å². The first-order chi connectivity index (χ1) is 12.4. The van der Waals surface area contributed by atoms with Crippen molar-refractivity contribution in [3.63, 3.8) is 0 Å². The van der Waals surface area contributed by atoms with E-state index < -0.39 is 6.04 Å². The summed E-state index contributed by atoms with van der Waals surface area (Å²) < 4.78 is 13.0. The highest BCUT2D eigenvalue weighted by atomic mass is 35.5. The molecule has 0 aliphatic heterocycles. The normalized spacial score (nSPS) is 12.9. The van der Waals surface area contributed by atoms with Crippen molar-refractivity contribution < 1.29 is 14.0 Å². The van der Waals surface area contributed by atoms with Crippen LogP contribution in [0.15, 0.2) is 48.5 Å². The molecule has 2 amide bonds. The van der Waals surface area contributed by atoms with E-state index in [9.17, 15) is 14.0 Å². The summed E-state index contributed by atoms with van der Waals surface area (Å²) in [7, 11) is 0. The minimum absolute atomic E-state index is 0.0422. The van der Waals surface area contributed by atoms with Gasteiger partial charge in [-0.1, -0.05) is 44.0 Å². The van der Waals surface area contributed by atoms with Crippen LogP contribution in [0.25, 0.3) is 0 Å². The predicted molar refractivity (Wildman–Crippen MR) is 100 cm³/mol. The number of hydrogen-bond donors (Lipinski definition) is 2. The molecule has 2 aromatic rings. The van der Waals surface area contributed by atoms with Gasteiger partial charge in [0.1, 0.15) is 11.9 Å². The van der Waals surface area contributed by atoms with Crippen LogP contribution in [0.2, 0.25) is 5.02 Å². The molecule has 4 nitrogen and oxygen atoms in total. The lowest BCUT2D eigenvalue weighted by Gasteiger charge is -2.23. The smallest absolute Gasteiger partial charge is 0.251 e. The molecule has 0 bridgehead atoms. The summed E-state index contributed by atoms with van der Waals surface area (Å²) in [5.41, 5.74) is 1.22. The number of halogens is 2. The maximum Gasteiger partial charge on any atom is 0.251 e. The molecule has 0 saturated heterocycles. The average molecular weight is 377 g/mol. The zero-order valence-corrected chi connectivity index (χ0v) is 15.5. The molecule has 0 fully saturated rings. The Balaban J connectivity index is 2.03. The highest BCUT2D eigenvalue weighted by Crippen LogP contribution is 2.12. The number of carbonyl (C=O) groups is 2. The molecular formula is C20H22ClFN2O2. The summed E-state index contributed by atoms with van der Waals surface area (Å²) in [5, 5.41) is 6.14. The molecule has 26 heavy (non-hydrogen) atoms. The van der Waals surface area contributed by atoms with Crippen molar-refractivity contribution in [2.75, 3.05) is 0 Å². The Labute approximate surface area is 157 Å². The van der Waals surface area contributed by atoms with Crippen LogP contribution in [-0.4, -0.2) is 17.9 Å². The molecule has 0 aliphatic carbocycles. The fourth-order valence-electron chi connectivity index (χ4n) is 2.43. The molecule has 6 heteroatoms. The van der Waals surface area contributed by atoms with E-state index in [1.54, 1.807) is 36.4 Å². The first-order valence-corrected chi connectivity index (χ1v) is 8.87. The van der Waals surface area contributed by atoms with Crippen molar-refractivity contribution in [3.05, 3.63) is 70.5 Å². The number of benzene rings is 2. The first-order valence-electron chi connectivity index (χ1n) is 8.49. The summed E-state index contributed by atoms with van der Waals surface area (Å²) in [6, 6.07) is 11.7. The SMILES string of the molecule is CCC(C)C(NC(=O)c1ccc(Cl)cc1)C(=O)NCc1ccc(F)cc1. The second kappa shape index (κ2) is 9.34. The standard InChI is InChI=1S/C20H22ClFN2O2/c1-3-13(2)18(24-19(25)15-6-8-16(21)9-7-15)20(26)23-12-14-4-10-17(22)11-5-14/h4-11,13,18H,3,12H2,1-2H3,(H,23,26)(H,24,25). The van der Waals surface area contributed by atoms with Gasteiger partial charge in [-0.2, -0.15) is 0 Å². The van der Waals surface area contributed by atoms with Gasteiger partial charge >= 0.3 is 0 Å². The van der Waals surface area contributed by atoms with Crippen molar-refractivity contribution in [2.24, 2.45) is 5.92 Å². The van der Waals surface area contributed by atoms with Gasteiger partial charge in [-0.05, 0) is 47.9 Å². The predicted octanol–water partition coefficient (Wildman–Crippen LogP) is 3.94. The third-order valence-corrected chi connectivity index (χ3v) is 4.52. The van der Waals surface area contributed by atoms with Gasteiger partial charge in [-0.15, -0.1) is 0 Å². The Morgan fingerprint density at radius 1 is 1.08 bits per heavy atom. The third-order valence-electron chi connectivity index (χ3n) is 4.27. The van der Waals surface area contributed by atoms with E-state index in [0.717, 1.165) is 12.0 Å². The summed E-state index contributed by atoms with van der Waals surface area (Å²) >= 11 is 5.84. The molecule has 2 aromatic carbocycles. The van der Waals surface area contributed by atoms with Crippen molar-refractivity contribution in [2.45, 2.75) is 32.9 Å². The number of nitrogens with one attached hydrogen (secondary N) is 2. The van der Waals surface area contributed by atoms with Crippen LogP contribution in [-0.2, 0) is 11.3 Å². The van der Waals surface area contributed by atoms with Gasteiger partial charge in [-0.25, -0.2) is 4.39 Å². The lowest BCUT2D eigenvalue weighted by molar-refractivity contribution is -0.124. The summed E-state index contributed by atoms with van der Waals surface area (Å²) in [6.45, 7) is 4.13. The van der Waals surface area contributed by atoms with Crippen molar-refractivity contribution in [1.29, 1.82) is 0 Å². The Morgan fingerprint density at radius 2 is 1.69 bits per heavy atom. The maximum atomic E-state index is 13.0. The average Bonchev–Trinajstić information content (AvgIpc) is 2.65. The topological polar surface area (TPSA) is 58.2 Å². The molecule has 0 spiro atoms. The van der Waals surface area contributed by atoms with Gasteiger partial charge in [-0.3, -0.25) is 9.59 Å². The van der Waals surface area contributed by atoms with E-state index in [4.69, 9.17) is 11.6 Å². The minimum Gasteiger partial charge on any atom is -0.350 e. The fraction of sp³-hybridized carbons (Fsp3) is 0.300. The van der Waals surface area contributed by atoms with E-state index in [-0.39, 0.29) is 30.1 Å². The Kier molecular flexibility index (Phi) is 7.16. The van der Waals surface area contributed by atoms with E-state index >= 15 is 0 Å². The molecule has 0 aromatic heterocycles. The lowest BCUT2D eigenvalue weighted by Crippen LogP contribution is -2.50. The van der Waals surface area contributed by atoms with Crippen molar-refractivity contribution in [3.8, 4) is 0 Å². The largest absolute Gasteiger partial charge is 0.350 e. The van der Waals surface area contributed by atoms with Crippen LogP contribution in [0, 0.1) is 11.7 Å². The molecule has 0 saturated carbocycles. The molecule has 0 aliphatic rings. The van der Waals surface area contributed by atoms with Crippen molar-refractivity contribution >= 4 is 23.4 Å². The summed E-state index contributed by atoms with van der Waals surface area (Å²) in [6.07, 6.45) is 0.732. The second-order valence-electron chi connectivity index (χ2n) is 6.19. The van der Waals surface area contributed by atoms with Crippen LogP contribution in [0.4, 0.5) is 4.39 Å². The first kappa shape index (κ1) is 19.9. The van der Waals surface area contributed by atoms with E-state index in [2.05, 4.69) is 10.6 Å². The fourth-order valence-corrected chi connectivity index (χ4v) is 2.56. The summed E-state index contributed by atoms with van der Waals surface area (Å²) in [5.74, 6) is -0.970. The quantitative estimate of drug-likeness (QED) is 0.769. The van der Waals surface area contributed by atoms with Gasteiger partial charge in [0, 0.05) is 17.1 Å². The third kappa shape index (κ3) is 5.56. The molecule has 0 radical (unpaired) electrons. The van der Waals surface area contributed by atoms with Gasteiger partial charge in [0.15, 0.2) is 0 Å². The van der Waals surface area contributed by atoms with Crippen molar-refractivity contribution in [1.82, 2.24) is 10.6 Å². The number of amides is 2.